The molecule has 0 amide bonds. The van der Waals surface area contributed by atoms with E-state index in [0.29, 0.717) is 10.9 Å². The van der Waals surface area contributed by atoms with Crippen molar-refractivity contribution in [2.45, 2.75) is 6.92 Å². The zero-order valence-electron chi connectivity index (χ0n) is 9.49. The lowest BCUT2D eigenvalue weighted by Crippen LogP contribution is -2.20. The normalized spacial score (nSPS) is 10.6. The zero-order valence-corrected chi connectivity index (χ0v) is 11.6. The van der Waals surface area contributed by atoms with Crippen molar-refractivity contribution in [3.05, 3.63) is 37.7 Å². The van der Waals surface area contributed by atoms with Gasteiger partial charge in [0.25, 0.3) is 5.56 Å². The van der Waals surface area contributed by atoms with Gasteiger partial charge in [0.2, 0.25) is 0 Å². The molecule has 0 atom stereocenters. The molecule has 0 radical (unpaired) electrons. The lowest BCUT2D eigenvalue weighted by Gasteiger charge is -2.07. The largest absolute Gasteiger partial charge is 0.506 e. The minimum Gasteiger partial charge on any atom is -0.506 e. The molecule has 0 fully saturated rings. The van der Waals surface area contributed by atoms with Crippen LogP contribution in [-0.4, -0.2) is 22.7 Å². The van der Waals surface area contributed by atoms with Gasteiger partial charge in [-0.2, -0.15) is 0 Å². The average molecular weight is 359 g/mol. The fourth-order valence-corrected chi connectivity index (χ4v) is 2.13. The molecule has 0 spiro atoms. The lowest BCUT2D eigenvalue weighted by molar-refractivity contribution is 0.0521. The van der Waals surface area contributed by atoms with E-state index in [-0.39, 0.29) is 17.9 Å². The number of hydrogen-bond acceptors (Lipinski definition) is 4. The minimum atomic E-state index is -0.822. The summed E-state index contributed by atoms with van der Waals surface area (Å²) >= 11 is 2.08. The molecule has 5 nitrogen and oxygen atoms in total. The number of fused-ring (bicyclic) bond motifs is 1. The quantitative estimate of drug-likeness (QED) is 0.635. The van der Waals surface area contributed by atoms with E-state index in [1.807, 2.05) is 0 Å². The van der Waals surface area contributed by atoms with Crippen LogP contribution in [0.1, 0.15) is 17.3 Å². The topological polar surface area (TPSA) is 79.4 Å². The molecule has 1 aromatic heterocycles. The molecule has 0 saturated carbocycles. The zero-order chi connectivity index (χ0) is 13.3. The molecule has 2 N–H and O–H groups in total. The third kappa shape index (κ3) is 2.20. The first-order chi connectivity index (χ1) is 8.54. The maximum absolute atomic E-state index is 11.7. The van der Waals surface area contributed by atoms with Gasteiger partial charge in [0.1, 0.15) is 5.75 Å². The van der Waals surface area contributed by atoms with Crippen molar-refractivity contribution in [1.29, 1.82) is 0 Å². The minimum absolute atomic E-state index is 0.141. The van der Waals surface area contributed by atoms with Crippen LogP contribution in [0.25, 0.3) is 10.9 Å². The predicted octanol–water partition coefficient (Wildman–Crippen LogP) is 2.02. The Morgan fingerprint density at radius 2 is 2.22 bits per heavy atom. The lowest BCUT2D eigenvalue weighted by atomic mass is 10.1. The molecule has 0 aliphatic rings. The smallest absolute Gasteiger partial charge is 0.347 e. The van der Waals surface area contributed by atoms with Crippen LogP contribution >= 0.6 is 22.6 Å². The summed E-state index contributed by atoms with van der Waals surface area (Å²) < 4.78 is 5.63. The van der Waals surface area contributed by atoms with E-state index in [2.05, 4.69) is 27.6 Å². The van der Waals surface area contributed by atoms with Crippen LogP contribution in [0.3, 0.4) is 0 Å². The SMILES string of the molecule is CCOC(=O)c1c(O)c2cc(I)ccc2[nH]c1=O. The molecule has 6 heteroatoms. The van der Waals surface area contributed by atoms with Crippen molar-refractivity contribution in [3.63, 3.8) is 0 Å². The third-order valence-electron chi connectivity index (χ3n) is 2.43. The number of aromatic nitrogens is 1. The highest BCUT2D eigenvalue weighted by Gasteiger charge is 2.20. The summed E-state index contributed by atoms with van der Waals surface area (Å²) in [5.41, 5.74) is -0.531. The van der Waals surface area contributed by atoms with Crippen LogP contribution in [0.5, 0.6) is 5.75 Å². The number of nitrogens with one attached hydrogen (secondary N) is 1. The van der Waals surface area contributed by atoms with Crippen LogP contribution < -0.4 is 5.56 Å². The summed E-state index contributed by atoms with van der Waals surface area (Å²) in [4.78, 5) is 25.9. The number of ether oxygens (including phenoxy) is 1. The Morgan fingerprint density at radius 1 is 1.50 bits per heavy atom. The number of carbonyl (C=O) groups is 1. The van der Waals surface area contributed by atoms with Crippen molar-refractivity contribution in [2.24, 2.45) is 0 Å². The van der Waals surface area contributed by atoms with E-state index < -0.39 is 11.5 Å². The molecule has 2 aromatic rings. The second-order valence-electron chi connectivity index (χ2n) is 3.59. The van der Waals surface area contributed by atoms with E-state index in [0.717, 1.165) is 3.57 Å². The highest BCUT2D eigenvalue weighted by molar-refractivity contribution is 14.1. The van der Waals surface area contributed by atoms with Gasteiger partial charge in [-0.05, 0) is 47.7 Å². The van der Waals surface area contributed by atoms with E-state index >= 15 is 0 Å². The first-order valence-corrected chi connectivity index (χ1v) is 6.34. The number of hydrogen-bond donors (Lipinski definition) is 2. The Morgan fingerprint density at radius 3 is 2.89 bits per heavy atom. The molecule has 94 valence electrons. The molecular formula is C12H10INO4. The van der Waals surface area contributed by atoms with Crippen LogP contribution in [0.15, 0.2) is 23.0 Å². The number of carbonyl (C=O) groups excluding carboxylic acids is 1. The number of benzene rings is 1. The number of aromatic hydroxyl groups is 1. The fraction of sp³-hybridized carbons (Fsp3) is 0.167. The molecule has 0 unspecified atom stereocenters. The van der Waals surface area contributed by atoms with Crippen LogP contribution in [-0.2, 0) is 4.74 Å². The van der Waals surface area contributed by atoms with Gasteiger partial charge in [-0.3, -0.25) is 4.79 Å². The fourth-order valence-electron chi connectivity index (χ4n) is 1.64. The maximum Gasteiger partial charge on any atom is 0.347 e. The average Bonchev–Trinajstić information content (AvgIpc) is 2.31. The van der Waals surface area contributed by atoms with E-state index in [9.17, 15) is 14.7 Å². The predicted molar refractivity (Wildman–Crippen MR) is 74.9 cm³/mol. The summed E-state index contributed by atoms with van der Waals surface area (Å²) in [6.45, 7) is 1.77. The number of H-pyrrole nitrogens is 1. The molecule has 0 aliphatic carbocycles. The second-order valence-corrected chi connectivity index (χ2v) is 4.83. The highest BCUT2D eigenvalue weighted by Crippen LogP contribution is 2.26. The Balaban J connectivity index is 2.75. The van der Waals surface area contributed by atoms with Gasteiger partial charge in [0.15, 0.2) is 5.56 Å². The Labute approximate surface area is 116 Å². The second kappa shape index (κ2) is 4.97. The van der Waals surface area contributed by atoms with Crippen molar-refractivity contribution in [1.82, 2.24) is 4.98 Å². The van der Waals surface area contributed by atoms with Gasteiger partial charge in [-0.15, -0.1) is 0 Å². The molecular weight excluding hydrogens is 349 g/mol. The first kappa shape index (κ1) is 12.9. The Hall–Kier alpha value is -1.57. The molecule has 18 heavy (non-hydrogen) atoms. The van der Waals surface area contributed by atoms with Crippen molar-refractivity contribution >= 4 is 39.5 Å². The number of esters is 1. The van der Waals surface area contributed by atoms with Crippen molar-refractivity contribution in [2.75, 3.05) is 6.61 Å². The Kier molecular flexibility index (Phi) is 3.55. The molecule has 0 saturated heterocycles. The molecule has 0 bridgehead atoms. The van der Waals surface area contributed by atoms with Crippen LogP contribution in [0, 0.1) is 3.57 Å². The number of pyridine rings is 1. The van der Waals surface area contributed by atoms with E-state index in [4.69, 9.17) is 4.74 Å². The number of rotatable bonds is 2. The van der Waals surface area contributed by atoms with Gasteiger partial charge in [0.05, 0.1) is 12.1 Å². The standard InChI is InChI=1S/C12H10INO4/c1-2-18-12(17)9-10(15)7-5-6(13)3-4-8(7)14-11(9)16/h3-5H,2H2,1H3,(H2,14,15,16). The van der Waals surface area contributed by atoms with Crippen molar-refractivity contribution in [3.8, 4) is 5.75 Å². The number of halogens is 1. The van der Waals surface area contributed by atoms with Gasteiger partial charge >= 0.3 is 5.97 Å². The van der Waals surface area contributed by atoms with Gasteiger partial charge in [-0.25, -0.2) is 4.79 Å². The summed E-state index contributed by atoms with van der Waals surface area (Å²) in [6, 6.07) is 5.15. The van der Waals surface area contributed by atoms with Gasteiger partial charge in [0, 0.05) is 8.96 Å². The monoisotopic (exact) mass is 359 g/mol. The van der Waals surface area contributed by atoms with E-state index in [1.165, 1.54) is 0 Å². The Bertz CT molecular complexity index is 678. The maximum atomic E-state index is 11.7. The van der Waals surface area contributed by atoms with Crippen LogP contribution in [0.4, 0.5) is 0 Å². The molecule has 1 heterocycles. The summed E-state index contributed by atoms with van der Waals surface area (Å²) in [7, 11) is 0. The third-order valence-corrected chi connectivity index (χ3v) is 3.10. The molecule has 1 aromatic carbocycles. The summed E-state index contributed by atoms with van der Waals surface area (Å²) in [5, 5.41) is 10.4. The first-order valence-electron chi connectivity index (χ1n) is 5.26. The number of aromatic amines is 1. The summed E-state index contributed by atoms with van der Waals surface area (Å²) in [5.74, 6) is -1.16. The van der Waals surface area contributed by atoms with Gasteiger partial charge < -0.3 is 14.8 Å². The van der Waals surface area contributed by atoms with Gasteiger partial charge in [-0.1, -0.05) is 0 Å². The summed E-state index contributed by atoms with van der Waals surface area (Å²) in [6.07, 6.45) is 0. The highest BCUT2D eigenvalue weighted by atomic mass is 127. The van der Waals surface area contributed by atoms with Crippen LogP contribution in [0.2, 0.25) is 0 Å². The molecule has 0 aliphatic heterocycles. The van der Waals surface area contributed by atoms with E-state index in [1.54, 1.807) is 25.1 Å². The molecule has 2 rings (SSSR count). The van der Waals surface area contributed by atoms with Crippen molar-refractivity contribution < 1.29 is 14.6 Å².